The monoisotopic (exact) mass is 225 g/mol. The smallest absolute Gasteiger partial charge is 0.328 e. The molecule has 2 saturated heterocycles. The van der Waals surface area contributed by atoms with Crippen molar-refractivity contribution in [3.8, 4) is 0 Å². The van der Waals surface area contributed by atoms with Gasteiger partial charge in [-0.25, -0.2) is 4.79 Å². The Balaban J connectivity index is 2.19. The maximum Gasteiger partial charge on any atom is 0.328 e. The Labute approximate surface area is 93.7 Å². The van der Waals surface area contributed by atoms with Gasteiger partial charge in [-0.05, 0) is 19.3 Å². The number of carbonyl (C=O) groups excluding carboxylic acids is 3. The van der Waals surface area contributed by atoms with E-state index in [0.717, 1.165) is 6.42 Å². The van der Waals surface area contributed by atoms with Gasteiger partial charge in [0.05, 0.1) is 13.5 Å². The molecule has 16 heavy (non-hydrogen) atoms. The molecule has 0 radical (unpaired) electrons. The second-order valence-corrected chi connectivity index (χ2v) is 4.33. The molecular formula is C11H15NO4. The molecule has 2 heterocycles. The van der Waals surface area contributed by atoms with Crippen LogP contribution >= 0.6 is 0 Å². The van der Waals surface area contributed by atoms with Crippen molar-refractivity contribution in [2.24, 2.45) is 0 Å². The number of amides is 1. The molecule has 5 heteroatoms. The third-order valence-electron chi connectivity index (χ3n) is 3.37. The number of carbonyl (C=O) groups is 3. The molecule has 0 bridgehead atoms. The van der Waals surface area contributed by atoms with Crippen LogP contribution in [0.1, 0.15) is 32.1 Å². The molecule has 0 saturated carbocycles. The summed E-state index contributed by atoms with van der Waals surface area (Å²) in [6.45, 7) is 0. The number of fused-ring (bicyclic) bond motifs is 1. The normalized spacial score (nSPS) is 29.9. The Morgan fingerprint density at radius 2 is 2.06 bits per heavy atom. The molecule has 5 nitrogen and oxygen atoms in total. The average molecular weight is 225 g/mol. The lowest BCUT2D eigenvalue weighted by Gasteiger charge is -2.26. The number of ether oxygens (including phenoxy) is 1. The van der Waals surface area contributed by atoms with E-state index < -0.39 is 6.04 Å². The van der Waals surface area contributed by atoms with Gasteiger partial charge in [-0.3, -0.25) is 9.59 Å². The molecule has 0 spiro atoms. The fourth-order valence-corrected chi connectivity index (χ4v) is 2.59. The highest BCUT2D eigenvalue weighted by molar-refractivity contribution is 6.00. The van der Waals surface area contributed by atoms with Gasteiger partial charge in [-0.1, -0.05) is 0 Å². The van der Waals surface area contributed by atoms with Gasteiger partial charge >= 0.3 is 5.97 Å². The maximum absolute atomic E-state index is 11.8. The number of esters is 1. The van der Waals surface area contributed by atoms with Crippen LogP contribution in [0.4, 0.5) is 0 Å². The van der Waals surface area contributed by atoms with Crippen molar-refractivity contribution in [2.45, 2.75) is 44.2 Å². The summed E-state index contributed by atoms with van der Waals surface area (Å²) >= 11 is 0. The number of Topliss-reactive ketones (excluding diaryl/α,β-unsaturated/α-hetero) is 1. The molecule has 2 atom stereocenters. The minimum Gasteiger partial charge on any atom is -0.467 e. The van der Waals surface area contributed by atoms with E-state index in [2.05, 4.69) is 4.74 Å². The van der Waals surface area contributed by atoms with E-state index in [1.165, 1.54) is 7.11 Å². The van der Waals surface area contributed by atoms with Gasteiger partial charge in [0.2, 0.25) is 5.91 Å². The molecule has 2 aliphatic heterocycles. The molecule has 0 aromatic heterocycles. The Morgan fingerprint density at radius 1 is 1.31 bits per heavy atom. The minimum absolute atomic E-state index is 0.0250. The van der Waals surface area contributed by atoms with Crippen molar-refractivity contribution >= 4 is 17.7 Å². The highest BCUT2D eigenvalue weighted by atomic mass is 16.5. The van der Waals surface area contributed by atoms with Gasteiger partial charge in [0, 0.05) is 12.5 Å². The van der Waals surface area contributed by atoms with Crippen LogP contribution in [0.2, 0.25) is 0 Å². The second kappa shape index (κ2) is 4.23. The van der Waals surface area contributed by atoms with E-state index in [1.807, 2.05) is 0 Å². The Hall–Kier alpha value is -1.39. The van der Waals surface area contributed by atoms with E-state index in [1.54, 1.807) is 4.90 Å². The Kier molecular flexibility index (Phi) is 2.94. The molecule has 2 aliphatic rings. The van der Waals surface area contributed by atoms with Gasteiger partial charge in [-0.2, -0.15) is 0 Å². The molecule has 0 N–H and O–H groups in total. The summed E-state index contributed by atoms with van der Waals surface area (Å²) in [5.41, 5.74) is 0. The van der Waals surface area contributed by atoms with Crippen LogP contribution in [0.5, 0.6) is 0 Å². The summed E-state index contributed by atoms with van der Waals surface area (Å²) in [5, 5.41) is 0. The molecule has 0 aromatic rings. The second-order valence-electron chi connectivity index (χ2n) is 4.33. The first-order valence-electron chi connectivity index (χ1n) is 5.54. The predicted octanol–water partition coefficient (Wildman–Crippen LogP) is 0.272. The third kappa shape index (κ3) is 1.81. The molecule has 88 valence electrons. The molecule has 2 rings (SSSR count). The first kappa shape index (κ1) is 11.1. The predicted molar refractivity (Wildman–Crippen MR) is 54.5 cm³/mol. The number of methoxy groups -OCH3 is 1. The lowest BCUT2D eigenvalue weighted by molar-refractivity contribution is -0.152. The first-order valence-corrected chi connectivity index (χ1v) is 5.54. The Morgan fingerprint density at radius 3 is 2.75 bits per heavy atom. The largest absolute Gasteiger partial charge is 0.467 e. The van der Waals surface area contributed by atoms with Crippen LogP contribution in [0.15, 0.2) is 0 Å². The summed E-state index contributed by atoms with van der Waals surface area (Å²) in [4.78, 5) is 36.2. The molecule has 0 unspecified atom stereocenters. The average Bonchev–Trinajstić information content (AvgIpc) is 2.63. The number of nitrogens with zero attached hydrogens (tertiary/aromatic N) is 1. The SMILES string of the molecule is COC(=O)[C@@H]1CC[C@@H]2CCC(=O)CC(=O)N21. The van der Waals surface area contributed by atoms with Crippen LogP contribution in [0, 0.1) is 0 Å². The van der Waals surface area contributed by atoms with E-state index in [-0.39, 0.29) is 30.1 Å². The fraction of sp³-hybridized carbons (Fsp3) is 0.727. The standard InChI is InChI=1S/C11H15NO4/c1-16-11(15)9-5-3-7-2-4-8(13)6-10(14)12(7)9/h7,9H,2-6H2,1H3/t7-,9-/m0/s1. The van der Waals surface area contributed by atoms with Gasteiger partial charge in [0.15, 0.2) is 0 Å². The summed E-state index contributed by atoms with van der Waals surface area (Å²) in [6.07, 6.45) is 2.50. The fourth-order valence-electron chi connectivity index (χ4n) is 2.59. The van der Waals surface area contributed by atoms with Crippen molar-refractivity contribution in [2.75, 3.05) is 7.11 Å². The van der Waals surface area contributed by atoms with Crippen LogP contribution in [0.25, 0.3) is 0 Å². The lowest BCUT2D eigenvalue weighted by Crippen LogP contribution is -2.44. The lowest BCUT2D eigenvalue weighted by atomic mass is 10.1. The third-order valence-corrected chi connectivity index (χ3v) is 3.37. The molecule has 2 fully saturated rings. The summed E-state index contributed by atoms with van der Waals surface area (Å²) in [5.74, 6) is -0.617. The number of hydrogen-bond donors (Lipinski definition) is 0. The maximum atomic E-state index is 11.8. The zero-order chi connectivity index (χ0) is 11.7. The van der Waals surface area contributed by atoms with Gasteiger partial charge in [-0.15, -0.1) is 0 Å². The van der Waals surface area contributed by atoms with E-state index in [0.29, 0.717) is 19.3 Å². The summed E-state index contributed by atoms with van der Waals surface area (Å²) in [6, 6.07) is -0.434. The van der Waals surface area contributed by atoms with Crippen LogP contribution in [0.3, 0.4) is 0 Å². The van der Waals surface area contributed by atoms with E-state index in [4.69, 9.17) is 0 Å². The first-order chi connectivity index (χ1) is 7.63. The van der Waals surface area contributed by atoms with Crippen LogP contribution in [-0.4, -0.2) is 41.8 Å². The molecule has 1 amide bonds. The van der Waals surface area contributed by atoms with Crippen molar-refractivity contribution in [3.63, 3.8) is 0 Å². The van der Waals surface area contributed by atoms with Gasteiger partial charge in [0.25, 0.3) is 0 Å². The summed E-state index contributed by atoms with van der Waals surface area (Å²) < 4.78 is 4.68. The highest BCUT2D eigenvalue weighted by Gasteiger charge is 2.43. The Bertz CT molecular complexity index is 339. The van der Waals surface area contributed by atoms with Crippen molar-refractivity contribution in [1.82, 2.24) is 4.90 Å². The van der Waals surface area contributed by atoms with Gasteiger partial charge in [0.1, 0.15) is 11.8 Å². The minimum atomic E-state index is -0.478. The molecular weight excluding hydrogens is 210 g/mol. The summed E-state index contributed by atoms with van der Waals surface area (Å²) in [7, 11) is 1.32. The number of hydrogen-bond acceptors (Lipinski definition) is 4. The van der Waals surface area contributed by atoms with Gasteiger partial charge < -0.3 is 9.64 Å². The van der Waals surface area contributed by atoms with E-state index >= 15 is 0 Å². The highest BCUT2D eigenvalue weighted by Crippen LogP contribution is 2.31. The zero-order valence-electron chi connectivity index (χ0n) is 9.27. The number of ketones is 1. The molecule has 0 aliphatic carbocycles. The van der Waals surface area contributed by atoms with Crippen molar-refractivity contribution in [1.29, 1.82) is 0 Å². The molecule has 0 aromatic carbocycles. The number of rotatable bonds is 1. The van der Waals surface area contributed by atoms with Crippen LogP contribution in [-0.2, 0) is 19.1 Å². The topological polar surface area (TPSA) is 63.7 Å². The van der Waals surface area contributed by atoms with Crippen LogP contribution < -0.4 is 0 Å². The zero-order valence-corrected chi connectivity index (χ0v) is 9.27. The van der Waals surface area contributed by atoms with Crippen molar-refractivity contribution in [3.05, 3.63) is 0 Å². The quantitative estimate of drug-likeness (QED) is 0.474. The van der Waals surface area contributed by atoms with E-state index in [9.17, 15) is 14.4 Å². The van der Waals surface area contributed by atoms with Crippen molar-refractivity contribution < 1.29 is 19.1 Å².